The van der Waals surface area contributed by atoms with Crippen LogP contribution in [0.25, 0.3) is 0 Å². The highest BCUT2D eigenvalue weighted by Gasteiger charge is 2.31. The number of fused-ring (bicyclic) bond motifs is 1. The van der Waals surface area contributed by atoms with Gasteiger partial charge in [0.25, 0.3) is 5.91 Å². The van der Waals surface area contributed by atoms with Crippen LogP contribution in [0.3, 0.4) is 0 Å². The molecule has 154 valence electrons. The SMILES string of the molecule is COc1ccc(CCNC(=O)CCN2C(=O)[C@H](C)Oc3ccccc32)cc1OC. The Labute approximate surface area is 170 Å². The van der Waals surface area contributed by atoms with Crippen molar-refractivity contribution in [1.29, 1.82) is 0 Å². The van der Waals surface area contributed by atoms with Crippen LogP contribution in [0.4, 0.5) is 5.69 Å². The molecule has 1 aliphatic heterocycles. The summed E-state index contributed by atoms with van der Waals surface area (Å²) in [5.41, 5.74) is 1.74. The number of rotatable bonds is 8. The van der Waals surface area contributed by atoms with Crippen LogP contribution in [-0.4, -0.2) is 45.2 Å². The first-order valence-corrected chi connectivity index (χ1v) is 9.58. The number of ether oxygens (including phenoxy) is 3. The number of nitrogens with one attached hydrogen (secondary N) is 1. The number of anilines is 1. The monoisotopic (exact) mass is 398 g/mol. The fraction of sp³-hybridized carbons (Fsp3) is 0.364. The predicted octanol–water partition coefficient (Wildman–Crippen LogP) is 2.57. The highest BCUT2D eigenvalue weighted by molar-refractivity contribution is 6.00. The lowest BCUT2D eigenvalue weighted by Gasteiger charge is -2.32. The predicted molar refractivity (Wildman–Crippen MR) is 110 cm³/mol. The van der Waals surface area contributed by atoms with Crippen LogP contribution in [0.1, 0.15) is 18.9 Å². The van der Waals surface area contributed by atoms with Crippen LogP contribution < -0.4 is 24.4 Å². The summed E-state index contributed by atoms with van der Waals surface area (Å²) in [7, 11) is 3.19. The van der Waals surface area contributed by atoms with Gasteiger partial charge in [0.15, 0.2) is 17.6 Å². The molecule has 2 aromatic rings. The lowest BCUT2D eigenvalue weighted by molar-refractivity contribution is -0.125. The van der Waals surface area contributed by atoms with Gasteiger partial charge in [-0.15, -0.1) is 0 Å². The van der Waals surface area contributed by atoms with Gasteiger partial charge in [0, 0.05) is 19.5 Å². The summed E-state index contributed by atoms with van der Waals surface area (Å²) in [4.78, 5) is 26.4. The van der Waals surface area contributed by atoms with Crippen molar-refractivity contribution >= 4 is 17.5 Å². The minimum absolute atomic E-state index is 0.102. The van der Waals surface area contributed by atoms with Gasteiger partial charge >= 0.3 is 0 Å². The summed E-state index contributed by atoms with van der Waals surface area (Å²) in [5, 5.41) is 2.91. The van der Waals surface area contributed by atoms with Gasteiger partial charge in [-0.2, -0.15) is 0 Å². The van der Waals surface area contributed by atoms with Crippen LogP contribution in [-0.2, 0) is 16.0 Å². The van der Waals surface area contributed by atoms with Gasteiger partial charge in [0.1, 0.15) is 5.75 Å². The zero-order valence-electron chi connectivity index (χ0n) is 16.9. The third-order valence-electron chi connectivity index (χ3n) is 4.82. The first kappa shape index (κ1) is 20.5. The number of nitrogens with zero attached hydrogens (tertiary/aromatic N) is 1. The first-order valence-electron chi connectivity index (χ1n) is 9.58. The number of methoxy groups -OCH3 is 2. The van der Waals surface area contributed by atoms with E-state index in [1.165, 1.54) is 0 Å². The minimum Gasteiger partial charge on any atom is -0.493 e. The summed E-state index contributed by atoms with van der Waals surface area (Å²) in [6.45, 7) is 2.53. The van der Waals surface area contributed by atoms with Crippen molar-refractivity contribution in [3.05, 3.63) is 48.0 Å². The second-order valence-electron chi connectivity index (χ2n) is 6.76. The van der Waals surface area contributed by atoms with Crippen LogP contribution in [0.5, 0.6) is 17.2 Å². The third kappa shape index (κ3) is 4.80. The molecule has 3 rings (SSSR count). The van der Waals surface area contributed by atoms with Crippen LogP contribution in [0, 0.1) is 0 Å². The molecule has 0 saturated carbocycles. The number of carbonyl (C=O) groups is 2. The molecule has 1 N–H and O–H groups in total. The van der Waals surface area contributed by atoms with Crippen molar-refractivity contribution in [3.8, 4) is 17.2 Å². The molecule has 0 aliphatic carbocycles. The molecule has 0 spiro atoms. The first-order chi connectivity index (χ1) is 14.0. The average Bonchev–Trinajstić information content (AvgIpc) is 2.74. The summed E-state index contributed by atoms with van der Waals surface area (Å²) in [6, 6.07) is 13.1. The Morgan fingerprint density at radius 1 is 1.14 bits per heavy atom. The van der Waals surface area contributed by atoms with Gasteiger partial charge in [0.05, 0.1) is 19.9 Å². The fourth-order valence-corrected chi connectivity index (χ4v) is 3.27. The Morgan fingerprint density at radius 2 is 1.90 bits per heavy atom. The molecule has 7 heteroatoms. The third-order valence-corrected chi connectivity index (χ3v) is 4.82. The molecule has 2 aromatic carbocycles. The van der Waals surface area contributed by atoms with Crippen molar-refractivity contribution < 1.29 is 23.8 Å². The Hall–Kier alpha value is -3.22. The molecular weight excluding hydrogens is 372 g/mol. The van der Waals surface area contributed by atoms with E-state index in [1.807, 2.05) is 42.5 Å². The van der Waals surface area contributed by atoms with Gasteiger partial charge in [-0.3, -0.25) is 9.59 Å². The molecule has 0 fully saturated rings. The highest BCUT2D eigenvalue weighted by Crippen LogP contribution is 2.33. The number of hydrogen-bond acceptors (Lipinski definition) is 5. The van der Waals surface area contributed by atoms with Crippen molar-refractivity contribution in [2.75, 3.05) is 32.2 Å². The largest absolute Gasteiger partial charge is 0.493 e. The van der Waals surface area contributed by atoms with Crippen LogP contribution in [0.15, 0.2) is 42.5 Å². The molecule has 1 aliphatic rings. The number of carbonyl (C=O) groups excluding carboxylic acids is 2. The molecule has 0 bridgehead atoms. The number of hydrogen-bond donors (Lipinski definition) is 1. The summed E-state index contributed by atoms with van der Waals surface area (Å²) in [6.07, 6.45) is 0.333. The van der Waals surface area contributed by atoms with Crippen LogP contribution >= 0.6 is 0 Å². The van der Waals surface area contributed by atoms with Crippen molar-refractivity contribution in [3.63, 3.8) is 0 Å². The second kappa shape index (κ2) is 9.32. The van der Waals surface area contributed by atoms with Gasteiger partial charge in [-0.1, -0.05) is 18.2 Å². The summed E-state index contributed by atoms with van der Waals surface area (Å²) >= 11 is 0. The molecule has 0 saturated heterocycles. The minimum atomic E-state index is -0.557. The second-order valence-corrected chi connectivity index (χ2v) is 6.76. The van der Waals surface area contributed by atoms with Crippen molar-refractivity contribution in [2.24, 2.45) is 0 Å². The molecule has 0 radical (unpaired) electrons. The summed E-state index contributed by atoms with van der Waals surface area (Å²) < 4.78 is 16.1. The Morgan fingerprint density at radius 3 is 2.66 bits per heavy atom. The fourth-order valence-electron chi connectivity index (χ4n) is 3.27. The number of benzene rings is 2. The zero-order valence-corrected chi connectivity index (χ0v) is 16.9. The molecule has 0 aromatic heterocycles. The van der Waals surface area contributed by atoms with Gasteiger partial charge < -0.3 is 24.4 Å². The van der Waals surface area contributed by atoms with E-state index in [2.05, 4.69) is 5.32 Å². The maximum atomic E-state index is 12.5. The standard InChI is InChI=1S/C22H26N2O5/c1-15-22(26)24(17-6-4-5-7-18(17)29-15)13-11-21(25)23-12-10-16-8-9-19(27-2)20(14-16)28-3/h4-9,14-15H,10-13H2,1-3H3,(H,23,25)/t15-/m0/s1. The van der Waals surface area contributed by atoms with E-state index in [-0.39, 0.29) is 18.2 Å². The van der Waals surface area contributed by atoms with Gasteiger partial charge in [-0.25, -0.2) is 0 Å². The molecule has 2 amide bonds. The Kier molecular flexibility index (Phi) is 6.59. The number of amides is 2. The number of para-hydroxylation sites is 2. The van der Waals surface area contributed by atoms with Crippen LogP contribution in [0.2, 0.25) is 0 Å². The molecular formula is C22H26N2O5. The van der Waals surface area contributed by atoms with Gasteiger partial charge in [-0.05, 0) is 43.2 Å². The highest BCUT2D eigenvalue weighted by atomic mass is 16.5. The molecule has 29 heavy (non-hydrogen) atoms. The quantitative estimate of drug-likeness (QED) is 0.740. The van der Waals surface area contributed by atoms with E-state index >= 15 is 0 Å². The maximum Gasteiger partial charge on any atom is 0.267 e. The van der Waals surface area contributed by atoms with Crippen molar-refractivity contribution in [1.82, 2.24) is 5.32 Å². The zero-order chi connectivity index (χ0) is 20.8. The smallest absolute Gasteiger partial charge is 0.267 e. The lowest BCUT2D eigenvalue weighted by atomic mass is 10.1. The average molecular weight is 398 g/mol. The van der Waals surface area contributed by atoms with E-state index in [0.717, 1.165) is 5.56 Å². The molecule has 1 atom stereocenters. The maximum absolute atomic E-state index is 12.5. The molecule has 7 nitrogen and oxygen atoms in total. The summed E-state index contributed by atoms with van der Waals surface area (Å²) in [5.74, 6) is 1.75. The van der Waals surface area contributed by atoms with E-state index in [9.17, 15) is 9.59 Å². The normalized spacial score (nSPS) is 15.3. The van der Waals surface area contributed by atoms with E-state index in [4.69, 9.17) is 14.2 Å². The van der Waals surface area contributed by atoms with Crippen molar-refractivity contribution in [2.45, 2.75) is 25.9 Å². The topological polar surface area (TPSA) is 77.1 Å². The van der Waals surface area contributed by atoms with E-state index in [1.54, 1.807) is 26.0 Å². The lowest BCUT2D eigenvalue weighted by Crippen LogP contribution is -2.45. The van der Waals surface area contributed by atoms with E-state index in [0.29, 0.717) is 42.4 Å². The molecule has 0 unspecified atom stereocenters. The Balaban J connectivity index is 1.51. The van der Waals surface area contributed by atoms with E-state index < -0.39 is 6.10 Å². The molecule has 1 heterocycles. The Bertz CT molecular complexity index is 883. The van der Waals surface area contributed by atoms with Gasteiger partial charge in [0.2, 0.25) is 5.91 Å².